The molecule has 7 aromatic carbocycles. The first-order chi connectivity index (χ1) is 31.6. The van der Waals surface area contributed by atoms with Crippen molar-refractivity contribution in [3.8, 4) is 33.4 Å². The molecule has 2 heteroatoms. The summed E-state index contributed by atoms with van der Waals surface area (Å²) in [5, 5.41) is 4.16. The first kappa shape index (κ1) is 43.5. The normalized spacial score (nSPS) is 16.9. The predicted octanol–water partition coefficient (Wildman–Crippen LogP) is 17.6. The van der Waals surface area contributed by atoms with Crippen LogP contribution in [0.4, 0.5) is 22.7 Å². The standard InChI is InChI=1S/C64H66N2/c1-39-21-26-50(27-22-39)65-57-38-56-55(63(8,9)29-30-64(56,10)11)37-54(57)52-35-49(60-43(5)31-41(3)32-44(60)6)36-59(45(52)7)66(58-28-23-40(2)33-53(58)46-17-13-12-14-18-46)62-42(4)24-25-48-34-47-19-15-16-20-51(47)61(48)62/h12-28,31-33,35-37,57,65H,29-30,34,38H2,1-11H3. The zero-order valence-corrected chi connectivity index (χ0v) is 41.1. The fourth-order valence-corrected chi connectivity index (χ4v) is 11.8. The minimum absolute atomic E-state index is 0.0665. The van der Waals surface area contributed by atoms with Gasteiger partial charge in [-0.15, -0.1) is 0 Å². The lowest BCUT2D eigenvalue weighted by atomic mass is 9.59. The van der Waals surface area contributed by atoms with Crippen molar-refractivity contribution in [2.75, 3.05) is 10.2 Å². The Hall–Kier alpha value is -6.38. The van der Waals surface area contributed by atoms with Crippen molar-refractivity contribution in [1.82, 2.24) is 0 Å². The number of hydrogen-bond donors (Lipinski definition) is 1. The Kier molecular flexibility index (Phi) is 10.9. The Morgan fingerprint density at radius 1 is 0.515 bits per heavy atom. The maximum atomic E-state index is 4.16. The second-order valence-electron chi connectivity index (χ2n) is 21.3. The average molecular weight is 863 g/mol. The van der Waals surface area contributed by atoms with Crippen LogP contribution in [0.25, 0.3) is 39.0 Å². The zero-order chi connectivity index (χ0) is 46.2. The molecule has 0 aliphatic heterocycles. The molecule has 0 saturated heterocycles. The lowest BCUT2D eigenvalue weighted by Crippen LogP contribution is -2.37. The minimum atomic E-state index is 0.0665. The minimum Gasteiger partial charge on any atom is -0.378 e. The van der Waals surface area contributed by atoms with Gasteiger partial charge in [0.15, 0.2) is 0 Å². The third-order valence-electron chi connectivity index (χ3n) is 15.5. The van der Waals surface area contributed by atoms with E-state index in [9.17, 15) is 0 Å². The molecular formula is C64H66N2. The molecule has 0 bridgehead atoms. The maximum absolute atomic E-state index is 4.16. The summed E-state index contributed by atoms with van der Waals surface area (Å²) in [7, 11) is 0. The number of rotatable bonds is 8. The quantitative estimate of drug-likeness (QED) is 0.164. The third kappa shape index (κ3) is 7.63. The molecule has 1 N–H and O–H groups in total. The highest BCUT2D eigenvalue weighted by atomic mass is 15.2. The molecule has 10 rings (SSSR count). The van der Waals surface area contributed by atoms with Crippen LogP contribution in [0.2, 0.25) is 0 Å². The summed E-state index contributed by atoms with van der Waals surface area (Å²) >= 11 is 0. The van der Waals surface area contributed by atoms with Gasteiger partial charge >= 0.3 is 0 Å². The summed E-state index contributed by atoms with van der Waals surface area (Å²) in [4.78, 5) is 2.67. The van der Waals surface area contributed by atoms with E-state index in [0.29, 0.717) is 0 Å². The second kappa shape index (κ2) is 16.5. The molecule has 7 aromatic rings. The third-order valence-corrected chi connectivity index (χ3v) is 15.5. The molecule has 0 heterocycles. The van der Waals surface area contributed by atoms with Gasteiger partial charge in [-0.2, -0.15) is 0 Å². The Balaban J connectivity index is 1.33. The number of hydrogen-bond acceptors (Lipinski definition) is 2. The van der Waals surface area contributed by atoms with Gasteiger partial charge in [-0.1, -0.05) is 153 Å². The van der Waals surface area contributed by atoms with E-state index in [2.05, 4.69) is 226 Å². The van der Waals surface area contributed by atoms with Gasteiger partial charge in [-0.3, -0.25) is 0 Å². The highest BCUT2D eigenvalue weighted by Crippen LogP contribution is 2.57. The molecule has 0 spiro atoms. The van der Waals surface area contributed by atoms with Crippen molar-refractivity contribution in [3.63, 3.8) is 0 Å². The van der Waals surface area contributed by atoms with E-state index in [1.807, 2.05) is 0 Å². The van der Waals surface area contributed by atoms with Gasteiger partial charge in [0.1, 0.15) is 0 Å². The molecule has 66 heavy (non-hydrogen) atoms. The van der Waals surface area contributed by atoms with Gasteiger partial charge in [0, 0.05) is 16.8 Å². The highest BCUT2D eigenvalue weighted by molar-refractivity contribution is 6.00. The number of anilines is 4. The van der Waals surface area contributed by atoms with Crippen molar-refractivity contribution in [3.05, 3.63) is 206 Å². The smallest absolute Gasteiger partial charge is 0.0572 e. The van der Waals surface area contributed by atoms with Crippen molar-refractivity contribution < 1.29 is 0 Å². The van der Waals surface area contributed by atoms with Crippen LogP contribution in [0.1, 0.15) is 103 Å². The first-order valence-corrected chi connectivity index (χ1v) is 24.3. The number of fused-ring (bicyclic) bond motifs is 3. The molecule has 0 aromatic heterocycles. The van der Waals surface area contributed by atoms with E-state index >= 15 is 0 Å². The zero-order valence-electron chi connectivity index (χ0n) is 41.1. The Labute approximate surface area is 395 Å². The number of nitrogens with one attached hydrogen (secondary N) is 1. The molecule has 2 nitrogen and oxygen atoms in total. The van der Waals surface area contributed by atoms with Crippen LogP contribution in [0, 0.1) is 59.3 Å². The Morgan fingerprint density at radius 3 is 1.94 bits per heavy atom. The van der Waals surface area contributed by atoms with Gasteiger partial charge in [0.2, 0.25) is 0 Å². The summed E-state index contributed by atoms with van der Waals surface area (Å²) in [6.07, 6.45) is 6.91. The topological polar surface area (TPSA) is 15.3 Å². The largest absolute Gasteiger partial charge is 0.378 e. The SMILES string of the molecule is Cc1ccc(NC2CC3=C(C=C2c2cc(-c4c(C)cc(C)cc4C)cc(N(c4ccc(C)cc4-c4ccccc4)c4c(C)ccc5c4-c4ccccc4C5)c2C)C(C)(C)CCC3(C)C)cc1. The van der Waals surface area contributed by atoms with Gasteiger partial charge in [0.05, 0.1) is 23.1 Å². The number of nitrogens with zero attached hydrogens (tertiary/aromatic N) is 1. The van der Waals surface area contributed by atoms with Gasteiger partial charge in [-0.25, -0.2) is 0 Å². The van der Waals surface area contributed by atoms with E-state index in [4.69, 9.17) is 0 Å². The molecule has 0 radical (unpaired) electrons. The van der Waals surface area contributed by atoms with E-state index in [1.54, 1.807) is 5.57 Å². The van der Waals surface area contributed by atoms with Crippen LogP contribution in [0.5, 0.6) is 0 Å². The van der Waals surface area contributed by atoms with Crippen LogP contribution in [-0.4, -0.2) is 6.04 Å². The molecule has 3 aliphatic rings. The highest BCUT2D eigenvalue weighted by Gasteiger charge is 2.42. The molecule has 332 valence electrons. The van der Waals surface area contributed by atoms with Crippen LogP contribution < -0.4 is 10.2 Å². The lowest BCUT2D eigenvalue weighted by Gasteiger charge is -2.47. The van der Waals surface area contributed by atoms with E-state index in [-0.39, 0.29) is 16.9 Å². The van der Waals surface area contributed by atoms with Crippen LogP contribution in [0.3, 0.4) is 0 Å². The summed E-state index contributed by atoms with van der Waals surface area (Å²) < 4.78 is 0. The number of aryl methyl sites for hydroxylation is 6. The van der Waals surface area contributed by atoms with Crippen molar-refractivity contribution in [1.29, 1.82) is 0 Å². The van der Waals surface area contributed by atoms with Gasteiger partial charge in [-0.05, 0) is 194 Å². The number of benzene rings is 7. The Bertz CT molecular complexity index is 3090. The van der Waals surface area contributed by atoms with Crippen molar-refractivity contribution in [2.24, 2.45) is 10.8 Å². The molecule has 1 atom stereocenters. The van der Waals surface area contributed by atoms with E-state index in [0.717, 1.165) is 18.5 Å². The van der Waals surface area contributed by atoms with Gasteiger partial charge in [0.25, 0.3) is 0 Å². The molecule has 1 unspecified atom stereocenters. The van der Waals surface area contributed by atoms with Crippen LogP contribution in [-0.2, 0) is 6.42 Å². The molecule has 3 aliphatic carbocycles. The average Bonchev–Trinajstić information content (AvgIpc) is 3.67. The lowest BCUT2D eigenvalue weighted by molar-refractivity contribution is 0.258. The monoisotopic (exact) mass is 863 g/mol. The molecular weight excluding hydrogens is 797 g/mol. The second-order valence-corrected chi connectivity index (χ2v) is 21.3. The maximum Gasteiger partial charge on any atom is 0.0572 e. The summed E-state index contributed by atoms with van der Waals surface area (Å²) in [6, 6.07) is 50.8. The van der Waals surface area contributed by atoms with Gasteiger partial charge < -0.3 is 10.2 Å². The summed E-state index contributed by atoms with van der Waals surface area (Å²) in [5.41, 5.74) is 30.2. The van der Waals surface area contributed by atoms with Crippen LogP contribution in [0.15, 0.2) is 151 Å². The first-order valence-electron chi connectivity index (χ1n) is 24.3. The molecule has 0 saturated carbocycles. The van der Waals surface area contributed by atoms with E-state index in [1.165, 1.54) is 130 Å². The van der Waals surface area contributed by atoms with Crippen LogP contribution >= 0.6 is 0 Å². The Morgan fingerprint density at radius 2 is 1.20 bits per heavy atom. The summed E-state index contributed by atoms with van der Waals surface area (Å²) in [6.45, 7) is 25.9. The predicted molar refractivity (Wildman–Crippen MR) is 284 cm³/mol. The van der Waals surface area contributed by atoms with E-state index < -0.39 is 0 Å². The fourth-order valence-electron chi connectivity index (χ4n) is 11.8. The van der Waals surface area contributed by atoms with Crippen molar-refractivity contribution in [2.45, 2.75) is 108 Å². The molecule has 0 amide bonds. The number of allylic oxidation sites excluding steroid dienone is 2. The fraction of sp³-hybridized carbons (Fsp3) is 0.281. The van der Waals surface area contributed by atoms with Crippen molar-refractivity contribution >= 4 is 28.3 Å². The summed E-state index contributed by atoms with van der Waals surface area (Å²) in [5.74, 6) is 0. The molecule has 0 fully saturated rings.